The number of nitrogens with zero attached hydrogens (tertiary/aromatic N) is 2. The van der Waals surface area contributed by atoms with E-state index < -0.39 is 0 Å². The standard InChI is InChI=1S/C26H24Cl2N2O4/c1-2-33-22-11-15(3-10-21(22)34-14-18-8-9-19(27)12-20(18)28)13-29-30-25(31)23-16-4-5-17(7-6-16)24(23)26(30)32/h3-5,8-13,16-17,23-24H,2,6-7,14H2,1H3/b29-13+. The SMILES string of the molecule is CCOc1cc(/C=N/N2C(=O)C3C4C=CC(CC4)C3C2=O)ccc1OCc1ccc(Cl)cc1Cl. The normalized spacial score (nSPS) is 25.3. The third-order valence-electron chi connectivity index (χ3n) is 6.72. The summed E-state index contributed by atoms with van der Waals surface area (Å²) in [6.45, 7) is 2.58. The second-order valence-electron chi connectivity index (χ2n) is 8.74. The van der Waals surface area contributed by atoms with Gasteiger partial charge in [0.2, 0.25) is 0 Å². The molecule has 4 unspecified atom stereocenters. The van der Waals surface area contributed by atoms with E-state index in [-0.39, 0.29) is 42.1 Å². The van der Waals surface area contributed by atoms with Gasteiger partial charge in [-0.3, -0.25) is 9.59 Å². The number of amides is 2. The van der Waals surface area contributed by atoms with Gasteiger partial charge in [0, 0.05) is 15.6 Å². The minimum absolute atomic E-state index is 0.141. The zero-order chi connectivity index (χ0) is 23.8. The smallest absolute Gasteiger partial charge is 0.254 e. The first-order valence-electron chi connectivity index (χ1n) is 11.4. The van der Waals surface area contributed by atoms with Gasteiger partial charge in [0.25, 0.3) is 11.8 Å². The molecule has 8 heteroatoms. The van der Waals surface area contributed by atoms with Crippen LogP contribution in [0.15, 0.2) is 53.7 Å². The molecule has 0 N–H and O–H groups in total. The third kappa shape index (κ3) is 4.21. The summed E-state index contributed by atoms with van der Waals surface area (Å²) in [5.41, 5.74) is 1.49. The summed E-state index contributed by atoms with van der Waals surface area (Å²) in [5.74, 6) is 0.415. The van der Waals surface area contributed by atoms with Crippen molar-refractivity contribution in [1.82, 2.24) is 5.01 Å². The number of imide groups is 1. The van der Waals surface area contributed by atoms with E-state index in [1.54, 1.807) is 30.3 Å². The molecule has 0 spiro atoms. The zero-order valence-electron chi connectivity index (χ0n) is 18.6. The molecule has 1 aliphatic heterocycles. The Labute approximate surface area is 208 Å². The molecule has 0 radical (unpaired) electrons. The number of hydrazone groups is 1. The van der Waals surface area contributed by atoms with Crippen molar-refractivity contribution in [2.45, 2.75) is 26.4 Å². The first kappa shape index (κ1) is 22.9. The summed E-state index contributed by atoms with van der Waals surface area (Å²) in [6.07, 6.45) is 7.62. The van der Waals surface area contributed by atoms with Gasteiger partial charge in [0.05, 0.1) is 24.7 Å². The summed E-state index contributed by atoms with van der Waals surface area (Å²) in [4.78, 5) is 25.9. The highest BCUT2D eigenvalue weighted by atomic mass is 35.5. The molecule has 2 bridgehead atoms. The van der Waals surface area contributed by atoms with Crippen molar-refractivity contribution in [3.8, 4) is 11.5 Å². The monoisotopic (exact) mass is 498 g/mol. The van der Waals surface area contributed by atoms with E-state index in [1.165, 1.54) is 6.21 Å². The fraction of sp³-hybridized carbons (Fsp3) is 0.346. The number of allylic oxidation sites excluding steroid dienone is 2. The zero-order valence-corrected chi connectivity index (χ0v) is 20.1. The largest absolute Gasteiger partial charge is 0.490 e. The Morgan fingerprint density at radius 2 is 1.68 bits per heavy atom. The van der Waals surface area contributed by atoms with Gasteiger partial charge < -0.3 is 9.47 Å². The van der Waals surface area contributed by atoms with Crippen LogP contribution in [-0.2, 0) is 16.2 Å². The molecular weight excluding hydrogens is 475 g/mol. The molecule has 2 amide bonds. The Hall–Kier alpha value is -2.83. The lowest BCUT2D eigenvalue weighted by Crippen LogP contribution is -2.38. The molecule has 2 aromatic carbocycles. The van der Waals surface area contributed by atoms with Gasteiger partial charge in [0.1, 0.15) is 6.61 Å². The number of hydrogen-bond acceptors (Lipinski definition) is 5. The van der Waals surface area contributed by atoms with Gasteiger partial charge in [-0.25, -0.2) is 0 Å². The van der Waals surface area contributed by atoms with Crippen LogP contribution in [0.1, 0.15) is 30.9 Å². The summed E-state index contributed by atoms with van der Waals surface area (Å²) in [5, 5.41) is 6.42. The lowest BCUT2D eigenvalue weighted by Gasteiger charge is -2.37. The van der Waals surface area contributed by atoms with Gasteiger partial charge in [-0.1, -0.05) is 41.4 Å². The third-order valence-corrected chi connectivity index (χ3v) is 7.31. The van der Waals surface area contributed by atoms with Crippen LogP contribution in [0.25, 0.3) is 0 Å². The Morgan fingerprint density at radius 1 is 0.971 bits per heavy atom. The van der Waals surface area contributed by atoms with E-state index in [1.807, 2.05) is 13.0 Å². The van der Waals surface area contributed by atoms with E-state index in [9.17, 15) is 9.59 Å². The minimum Gasteiger partial charge on any atom is -0.490 e. The van der Waals surface area contributed by atoms with E-state index in [0.717, 1.165) is 23.4 Å². The second-order valence-corrected chi connectivity index (χ2v) is 9.58. The van der Waals surface area contributed by atoms with Crippen LogP contribution in [0.5, 0.6) is 11.5 Å². The van der Waals surface area contributed by atoms with E-state index in [4.69, 9.17) is 32.7 Å². The number of hydrogen-bond donors (Lipinski definition) is 0. The maximum absolute atomic E-state index is 12.9. The lowest BCUT2D eigenvalue weighted by atomic mass is 9.63. The number of rotatable bonds is 7. The molecule has 176 valence electrons. The average Bonchev–Trinajstić information content (AvgIpc) is 3.11. The molecule has 1 saturated heterocycles. The van der Waals surface area contributed by atoms with Crippen LogP contribution in [0.4, 0.5) is 0 Å². The van der Waals surface area contributed by atoms with Crippen molar-refractivity contribution >= 4 is 41.2 Å². The van der Waals surface area contributed by atoms with Crippen molar-refractivity contribution < 1.29 is 19.1 Å². The Kier molecular flexibility index (Phi) is 6.36. The molecule has 1 saturated carbocycles. The second kappa shape index (κ2) is 9.43. The van der Waals surface area contributed by atoms with Crippen molar-refractivity contribution in [2.24, 2.45) is 28.8 Å². The van der Waals surface area contributed by atoms with E-state index >= 15 is 0 Å². The van der Waals surface area contributed by atoms with E-state index in [0.29, 0.717) is 33.7 Å². The molecular formula is C26H24Cl2N2O4. The highest BCUT2D eigenvalue weighted by molar-refractivity contribution is 6.35. The average molecular weight is 499 g/mol. The van der Waals surface area contributed by atoms with Crippen molar-refractivity contribution in [3.05, 3.63) is 69.7 Å². The number of halogens is 2. The highest BCUT2D eigenvalue weighted by Gasteiger charge is 2.56. The number of carbonyl (C=O) groups excluding carboxylic acids is 2. The van der Waals surface area contributed by atoms with Crippen LogP contribution in [0.3, 0.4) is 0 Å². The predicted molar refractivity (Wildman–Crippen MR) is 130 cm³/mol. The van der Waals surface area contributed by atoms with Crippen LogP contribution in [-0.4, -0.2) is 29.6 Å². The highest BCUT2D eigenvalue weighted by Crippen LogP contribution is 2.49. The lowest BCUT2D eigenvalue weighted by molar-refractivity contribution is -0.140. The summed E-state index contributed by atoms with van der Waals surface area (Å²) < 4.78 is 11.7. The molecule has 2 aromatic rings. The maximum atomic E-state index is 12.9. The molecule has 3 aliphatic carbocycles. The van der Waals surface area contributed by atoms with Crippen molar-refractivity contribution in [1.29, 1.82) is 0 Å². The molecule has 6 rings (SSSR count). The summed E-state index contributed by atoms with van der Waals surface area (Å²) >= 11 is 12.2. The predicted octanol–water partition coefficient (Wildman–Crippen LogP) is 5.50. The Morgan fingerprint density at radius 3 is 2.29 bits per heavy atom. The molecule has 4 aliphatic rings. The summed E-state index contributed by atoms with van der Waals surface area (Å²) in [6, 6.07) is 10.6. The minimum atomic E-state index is -0.275. The van der Waals surface area contributed by atoms with Gasteiger partial charge in [-0.05, 0) is 67.5 Å². The van der Waals surface area contributed by atoms with Gasteiger partial charge in [0.15, 0.2) is 11.5 Å². The first-order valence-corrected chi connectivity index (χ1v) is 12.2. The number of fused-ring (bicyclic) bond motifs is 1. The summed E-state index contributed by atoms with van der Waals surface area (Å²) in [7, 11) is 0. The van der Waals surface area contributed by atoms with Gasteiger partial charge >= 0.3 is 0 Å². The van der Waals surface area contributed by atoms with Crippen LogP contribution in [0.2, 0.25) is 10.0 Å². The van der Waals surface area contributed by atoms with Gasteiger partial charge in [-0.15, -0.1) is 0 Å². The number of ether oxygens (including phenoxy) is 2. The van der Waals surface area contributed by atoms with E-state index in [2.05, 4.69) is 17.3 Å². The van der Waals surface area contributed by atoms with Crippen molar-refractivity contribution in [2.75, 3.05) is 6.61 Å². The molecule has 0 aromatic heterocycles. The van der Waals surface area contributed by atoms with Gasteiger partial charge in [-0.2, -0.15) is 10.1 Å². The number of benzene rings is 2. The Balaban J connectivity index is 1.32. The first-order chi connectivity index (χ1) is 16.5. The molecule has 1 heterocycles. The molecule has 2 fully saturated rings. The fourth-order valence-electron chi connectivity index (χ4n) is 5.08. The van der Waals surface area contributed by atoms with Crippen molar-refractivity contribution in [3.63, 3.8) is 0 Å². The van der Waals surface area contributed by atoms with Crippen LogP contribution < -0.4 is 9.47 Å². The molecule has 4 atom stereocenters. The maximum Gasteiger partial charge on any atom is 0.254 e. The van der Waals surface area contributed by atoms with Crippen LogP contribution >= 0.6 is 23.2 Å². The molecule has 6 nitrogen and oxygen atoms in total. The Bertz CT molecular complexity index is 1160. The topological polar surface area (TPSA) is 68.2 Å². The number of carbonyl (C=O) groups is 2. The molecule has 34 heavy (non-hydrogen) atoms. The fourth-order valence-corrected chi connectivity index (χ4v) is 5.55. The van der Waals surface area contributed by atoms with Crippen LogP contribution in [0, 0.1) is 23.7 Å². The quantitative estimate of drug-likeness (QED) is 0.287.